The minimum atomic E-state index is -0.510. The lowest BCUT2D eigenvalue weighted by molar-refractivity contribution is -0.384. The average molecular weight is 399 g/mol. The first-order valence-corrected chi connectivity index (χ1v) is 9.68. The standard InChI is InChI=1S/C20H25N5O4/c26-11-9-17-5-1-2-10-24(17)19-8-7-15(13-21-19)14-22-20(27)23-16-4-3-6-18(12-16)25(28)29/h3-4,6-8,12-13,17,26H,1-2,5,9-11,14H2,(H2,22,23,27)/t17-/m1/s1. The van der Waals surface area contributed by atoms with E-state index in [4.69, 9.17) is 0 Å². The summed E-state index contributed by atoms with van der Waals surface area (Å²) in [5, 5.41) is 25.4. The number of non-ortho nitro benzene ring substituents is 1. The van der Waals surface area contributed by atoms with Crippen molar-refractivity contribution in [3.63, 3.8) is 0 Å². The Morgan fingerprint density at radius 1 is 1.31 bits per heavy atom. The van der Waals surface area contributed by atoms with Crippen LogP contribution in [-0.4, -0.2) is 40.2 Å². The Kier molecular flexibility index (Phi) is 6.96. The van der Waals surface area contributed by atoms with E-state index in [-0.39, 0.29) is 18.8 Å². The fourth-order valence-electron chi connectivity index (χ4n) is 3.50. The second-order valence-corrected chi connectivity index (χ2v) is 7.00. The third kappa shape index (κ3) is 5.64. The predicted octanol–water partition coefficient (Wildman–Crippen LogP) is 3.05. The molecule has 154 valence electrons. The number of benzene rings is 1. The van der Waals surface area contributed by atoms with E-state index in [2.05, 4.69) is 20.5 Å². The number of nitro groups is 1. The van der Waals surface area contributed by atoms with Crippen LogP contribution in [0.15, 0.2) is 42.6 Å². The summed E-state index contributed by atoms with van der Waals surface area (Å²) >= 11 is 0. The van der Waals surface area contributed by atoms with Crippen LogP contribution in [0.25, 0.3) is 0 Å². The Bertz CT molecular complexity index is 841. The number of aromatic nitrogens is 1. The Hall–Kier alpha value is -3.20. The van der Waals surface area contributed by atoms with Crippen molar-refractivity contribution in [3.8, 4) is 0 Å². The largest absolute Gasteiger partial charge is 0.396 e. The summed E-state index contributed by atoms with van der Waals surface area (Å²) in [4.78, 5) is 29.1. The molecule has 3 N–H and O–H groups in total. The summed E-state index contributed by atoms with van der Waals surface area (Å²) in [6.45, 7) is 1.39. The Balaban J connectivity index is 1.54. The second-order valence-electron chi connectivity index (χ2n) is 7.00. The molecule has 0 unspecified atom stereocenters. The van der Waals surface area contributed by atoms with E-state index in [1.807, 2.05) is 12.1 Å². The van der Waals surface area contributed by atoms with E-state index < -0.39 is 11.0 Å². The van der Waals surface area contributed by atoms with Crippen molar-refractivity contribution < 1.29 is 14.8 Å². The molecule has 29 heavy (non-hydrogen) atoms. The van der Waals surface area contributed by atoms with Gasteiger partial charge in [-0.05, 0) is 43.4 Å². The lowest BCUT2D eigenvalue weighted by Gasteiger charge is -2.36. The van der Waals surface area contributed by atoms with Crippen LogP contribution in [0.4, 0.5) is 22.0 Å². The Morgan fingerprint density at radius 3 is 2.90 bits per heavy atom. The van der Waals surface area contributed by atoms with Gasteiger partial charge in [0.15, 0.2) is 0 Å². The number of hydrogen-bond acceptors (Lipinski definition) is 6. The molecule has 2 amide bonds. The van der Waals surface area contributed by atoms with Crippen molar-refractivity contribution in [2.75, 3.05) is 23.4 Å². The van der Waals surface area contributed by atoms with Gasteiger partial charge in [0.1, 0.15) is 5.82 Å². The molecule has 1 fully saturated rings. The SMILES string of the molecule is O=C(NCc1ccc(N2CCCC[C@@H]2CCO)nc1)Nc1cccc([N+](=O)[O-])c1. The zero-order valence-electron chi connectivity index (χ0n) is 16.1. The summed E-state index contributed by atoms with van der Waals surface area (Å²) in [5.41, 5.74) is 1.11. The molecule has 0 radical (unpaired) electrons. The predicted molar refractivity (Wildman–Crippen MR) is 110 cm³/mol. The lowest BCUT2D eigenvalue weighted by Crippen LogP contribution is -2.40. The highest BCUT2D eigenvalue weighted by Gasteiger charge is 2.22. The first-order chi connectivity index (χ1) is 14.1. The normalized spacial score (nSPS) is 16.3. The highest BCUT2D eigenvalue weighted by molar-refractivity contribution is 5.89. The van der Waals surface area contributed by atoms with Gasteiger partial charge in [-0.3, -0.25) is 10.1 Å². The van der Waals surface area contributed by atoms with Gasteiger partial charge in [-0.15, -0.1) is 0 Å². The van der Waals surface area contributed by atoms with Gasteiger partial charge in [-0.1, -0.05) is 12.1 Å². The summed E-state index contributed by atoms with van der Waals surface area (Å²) in [7, 11) is 0. The molecule has 0 saturated carbocycles. The van der Waals surface area contributed by atoms with Gasteiger partial charge in [-0.25, -0.2) is 9.78 Å². The van der Waals surface area contributed by atoms with Crippen LogP contribution in [0, 0.1) is 10.1 Å². The molecule has 1 aliphatic rings. The number of anilines is 2. The first-order valence-electron chi connectivity index (χ1n) is 9.68. The minimum absolute atomic E-state index is 0.0835. The zero-order valence-corrected chi connectivity index (χ0v) is 16.1. The molecule has 9 nitrogen and oxygen atoms in total. The molecule has 9 heteroatoms. The van der Waals surface area contributed by atoms with E-state index >= 15 is 0 Å². The van der Waals surface area contributed by atoms with E-state index in [0.717, 1.165) is 37.2 Å². The topological polar surface area (TPSA) is 121 Å². The van der Waals surface area contributed by atoms with Crippen molar-refractivity contribution in [3.05, 3.63) is 58.3 Å². The number of piperidine rings is 1. The monoisotopic (exact) mass is 399 g/mol. The molecule has 0 spiro atoms. The number of carbonyl (C=O) groups is 1. The average Bonchev–Trinajstić information content (AvgIpc) is 2.73. The van der Waals surface area contributed by atoms with Crippen molar-refractivity contribution in [1.82, 2.24) is 10.3 Å². The first kappa shape index (κ1) is 20.5. The number of nitrogens with one attached hydrogen (secondary N) is 2. The van der Waals surface area contributed by atoms with Crippen LogP contribution in [0.3, 0.4) is 0 Å². The smallest absolute Gasteiger partial charge is 0.319 e. The third-order valence-corrected chi connectivity index (χ3v) is 4.96. The maximum Gasteiger partial charge on any atom is 0.319 e. The molecule has 3 rings (SSSR count). The number of nitro benzene ring substituents is 1. The number of hydrogen-bond donors (Lipinski definition) is 3. The van der Waals surface area contributed by atoms with Crippen LogP contribution in [0.1, 0.15) is 31.2 Å². The number of urea groups is 1. The summed E-state index contributed by atoms with van der Waals surface area (Å²) in [5.74, 6) is 0.882. The number of aliphatic hydroxyl groups is 1. The number of carbonyl (C=O) groups excluding carboxylic acids is 1. The van der Waals surface area contributed by atoms with Crippen LogP contribution < -0.4 is 15.5 Å². The van der Waals surface area contributed by atoms with E-state index in [0.29, 0.717) is 11.7 Å². The van der Waals surface area contributed by atoms with Crippen LogP contribution in [0.2, 0.25) is 0 Å². The summed E-state index contributed by atoms with van der Waals surface area (Å²) in [6.07, 6.45) is 5.81. The number of rotatable bonds is 7. The molecule has 0 aliphatic carbocycles. The number of amides is 2. The number of pyridine rings is 1. The molecule has 1 saturated heterocycles. The third-order valence-electron chi connectivity index (χ3n) is 4.96. The summed E-state index contributed by atoms with van der Waals surface area (Å²) < 4.78 is 0. The lowest BCUT2D eigenvalue weighted by atomic mass is 9.99. The van der Waals surface area contributed by atoms with Gasteiger partial charge in [0.05, 0.1) is 4.92 Å². The van der Waals surface area contributed by atoms with Gasteiger partial charge >= 0.3 is 6.03 Å². The molecule has 1 atom stereocenters. The van der Waals surface area contributed by atoms with Crippen LogP contribution >= 0.6 is 0 Å². The van der Waals surface area contributed by atoms with Crippen molar-refractivity contribution in [1.29, 1.82) is 0 Å². The molecule has 2 heterocycles. The van der Waals surface area contributed by atoms with Gasteiger partial charge in [-0.2, -0.15) is 0 Å². The summed E-state index contributed by atoms with van der Waals surface area (Å²) in [6, 6.07) is 9.48. The van der Waals surface area contributed by atoms with Gasteiger partial charge in [0, 0.05) is 49.8 Å². The fraction of sp³-hybridized carbons (Fsp3) is 0.400. The molecule has 0 bridgehead atoms. The van der Waals surface area contributed by atoms with Crippen LogP contribution in [0.5, 0.6) is 0 Å². The molecule has 1 aromatic heterocycles. The second kappa shape index (κ2) is 9.83. The van der Waals surface area contributed by atoms with E-state index in [1.165, 1.54) is 24.6 Å². The van der Waals surface area contributed by atoms with Gasteiger partial charge in [0.2, 0.25) is 0 Å². The Labute approximate surface area is 168 Å². The molecule has 1 aromatic carbocycles. The maximum atomic E-state index is 12.1. The van der Waals surface area contributed by atoms with E-state index in [9.17, 15) is 20.0 Å². The number of aliphatic hydroxyl groups excluding tert-OH is 1. The minimum Gasteiger partial charge on any atom is -0.396 e. The van der Waals surface area contributed by atoms with Crippen LogP contribution in [-0.2, 0) is 6.54 Å². The number of nitrogens with zero attached hydrogens (tertiary/aromatic N) is 3. The highest BCUT2D eigenvalue weighted by atomic mass is 16.6. The van der Waals surface area contributed by atoms with Gasteiger partial charge in [0.25, 0.3) is 5.69 Å². The zero-order chi connectivity index (χ0) is 20.6. The quantitative estimate of drug-likeness (QED) is 0.486. The van der Waals surface area contributed by atoms with E-state index in [1.54, 1.807) is 12.3 Å². The van der Waals surface area contributed by atoms with Crippen molar-refractivity contribution in [2.24, 2.45) is 0 Å². The van der Waals surface area contributed by atoms with Crippen molar-refractivity contribution >= 4 is 23.2 Å². The maximum absolute atomic E-state index is 12.1. The highest BCUT2D eigenvalue weighted by Crippen LogP contribution is 2.25. The molecule has 2 aromatic rings. The Morgan fingerprint density at radius 2 is 2.17 bits per heavy atom. The van der Waals surface area contributed by atoms with Crippen molar-refractivity contribution in [2.45, 2.75) is 38.3 Å². The fourth-order valence-corrected chi connectivity index (χ4v) is 3.50. The molecular weight excluding hydrogens is 374 g/mol. The molecule has 1 aliphatic heterocycles. The van der Waals surface area contributed by atoms with Gasteiger partial charge < -0.3 is 20.6 Å². The molecular formula is C20H25N5O4.